The summed E-state index contributed by atoms with van der Waals surface area (Å²) in [5.41, 5.74) is 1.68. The second-order valence-electron chi connectivity index (χ2n) is 2.90. The van der Waals surface area contributed by atoms with Crippen LogP contribution in [0.5, 0.6) is 11.5 Å². The van der Waals surface area contributed by atoms with Crippen LogP contribution < -0.4 is 9.47 Å². The van der Waals surface area contributed by atoms with Crippen LogP contribution in [0.1, 0.15) is 11.1 Å². The topological polar surface area (TPSA) is 54.7 Å². The number of aliphatic imine (C=N–C) groups is 1. The van der Waals surface area contributed by atoms with Crippen molar-refractivity contribution in [1.29, 1.82) is 5.41 Å². The van der Waals surface area contributed by atoms with E-state index in [0.29, 0.717) is 11.5 Å². The summed E-state index contributed by atoms with van der Waals surface area (Å²) in [6, 6.07) is 3.59. The third-order valence-electron chi connectivity index (χ3n) is 2.14. The summed E-state index contributed by atoms with van der Waals surface area (Å²) in [7, 11) is 3.16. The van der Waals surface area contributed by atoms with Crippen molar-refractivity contribution in [2.75, 3.05) is 14.2 Å². The van der Waals surface area contributed by atoms with Crippen molar-refractivity contribution < 1.29 is 9.47 Å². The van der Waals surface area contributed by atoms with Gasteiger partial charge in [0.25, 0.3) is 0 Å². The van der Waals surface area contributed by atoms with Gasteiger partial charge < -0.3 is 9.47 Å². The highest BCUT2D eigenvalue weighted by Gasteiger charge is 2.16. The maximum atomic E-state index is 7.54. The summed E-state index contributed by atoms with van der Waals surface area (Å²) < 4.78 is 10.3. The number of hydrogen-bond donors (Lipinski definition) is 1. The lowest BCUT2D eigenvalue weighted by Gasteiger charge is -2.08. The summed E-state index contributed by atoms with van der Waals surface area (Å²) in [6.45, 7) is 0. The molecule has 72 valence electrons. The van der Waals surface area contributed by atoms with Crippen LogP contribution in [0.25, 0.3) is 0 Å². The lowest BCUT2D eigenvalue weighted by atomic mass is 10.1. The maximum Gasteiger partial charge on any atom is 0.161 e. The minimum atomic E-state index is 0.265. The first-order valence-corrected chi connectivity index (χ1v) is 4.15. The third-order valence-corrected chi connectivity index (χ3v) is 2.14. The molecule has 4 nitrogen and oxygen atoms in total. The Balaban J connectivity index is 2.58. The van der Waals surface area contributed by atoms with Crippen LogP contribution in [-0.2, 0) is 0 Å². The molecule has 0 fully saturated rings. The van der Waals surface area contributed by atoms with Gasteiger partial charge in [0.15, 0.2) is 17.3 Å². The lowest BCUT2D eigenvalue weighted by Crippen LogP contribution is -1.97. The molecule has 0 aromatic heterocycles. The van der Waals surface area contributed by atoms with E-state index in [-0.39, 0.29) is 5.84 Å². The Labute approximate surface area is 81.7 Å². The third kappa shape index (κ3) is 1.16. The van der Waals surface area contributed by atoms with Crippen LogP contribution in [0.4, 0.5) is 0 Å². The van der Waals surface area contributed by atoms with Crippen LogP contribution >= 0.6 is 0 Å². The standard InChI is InChI=1S/C10H10N2O2/c1-13-8-3-6-5-12-10(11)7(6)4-9(8)14-2/h3-5,11H,1-2H3. The summed E-state index contributed by atoms with van der Waals surface area (Å²) in [5, 5.41) is 7.54. The largest absolute Gasteiger partial charge is 0.493 e. The first-order valence-electron chi connectivity index (χ1n) is 4.15. The van der Waals surface area contributed by atoms with Crippen molar-refractivity contribution >= 4 is 12.1 Å². The molecular weight excluding hydrogens is 180 g/mol. The number of benzene rings is 1. The lowest BCUT2D eigenvalue weighted by molar-refractivity contribution is 0.355. The van der Waals surface area contributed by atoms with E-state index in [2.05, 4.69) is 4.99 Å². The Morgan fingerprint density at radius 3 is 2.43 bits per heavy atom. The van der Waals surface area contributed by atoms with Crippen molar-refractivity contribution in [2.45, 2.75) is 0 Å². The Hall–Kier alpha value is -1.84. The van der Waals surface area contributed by atoms with Gasteiger partial charge in [-0.2, -0.15) is 0 Å². The van der Waals surface area contributed by atoms with Crippen LogP contribution in [0.2, 0.25) is 0 Å². The van der Waals surface area contributed by atoms with Gasteiger partial charge in [0, 0.05) is 17.3 Å². The molecule has 0 bridgehead atoms. The fourth-order valence-corrected chi connectivity index (χ4v) is 1.41. The maximum absolute atomic E-state index is 7.54. The number of fused-ring (bicyclic) bond motifs is 1. The van der Waals surface area contributed by atoms with Crippen LogP contribution in [0.3, 0.4) is 0 Å². The van der Waals surface area contributed by atoms with Gasteiger partial charge >= 0.3 is 0 Å². The molecule has 1 aromatic rings. The number of nitrogens with one attached hydrogen (secondary N) is 1. The van der Waals surface area contributed by atoms with E-state index in [9.17, 15) is 0 Å². The van der Waals surface area contributed by atoms with Crippen LogP contribution in [0, 0.1) is 5.41 Å². The van der Waals surface area contributed by atoms with E-state index in [1.54, 1.807) is 26.5 Å². The van der Waals surface area contributed by atoms with Crippen molar-refractivity contribution in [3.8, 4) is 11.5 Å². The highest BCUT2D eigenvalue weighted by atomic mass is 16.5. The van der Waals surface area contributed by atoms with E-state index < -0.39 is 0 Å². The quantitative estimate of drug-likeness (QED) is 0.767. The fourth-order valence-electron chi connectivity index (χ4n) is 1.41. The van der Waals surface area contributed by atoms with Crippen LogP contribution in [-0.4, -0.2) is 26.3 Å². The fraction of sp³-hybridized carbons (Fsp3) is 0.200. The normalized spacial score (nSPS) is 12.9. The molecule has 0 radical (unpaired) electrons. The molecule has 1 aromatic carbocycles. The Morgan fingerprint density at radius 1 is 1.14 bits per heavy atom. The van der Waals surface area contributed by atoms with E-state index in [1.807, 2.05) is 6.07 Å². The molecule has 14 heavy (non-hydrogen) atoms. The smallest absolute Gasteiger partial charge is 0.161 e. The van der Waals surface area contributed by atoms with Crippen molar-refractivity contribution in [3.05, 3.63) is 23.3 Å². The molecule has 1 N–H and O–H groups in total. The van der Waals surface area contributed by atoms with Crippen molar-refractivity contribution in [2.24, 2.45) is 4.99 Å². The Morgan fingerprint density at radius 2 is 1.79 bits per heavy atom. The zero-order chi connectivity index (χ0) is 10.1. The predicted molar refractivity (Wildman–Crippen MR) is 54.0 cm³/mol. The molecule has 0 saturated carbocycles. The molecule has 0 atom stereocenters. The van der Waals surface area contributed by atoms with Crippen molar-refractivity contribution in [1.82, 2.24) is 0 Å². The number of methoxy groups -OCH3 is 2. The van der Waals surface area contributed by atoms with Gasteiger partial charge in [-0.15, -0.1) is 0 Å². The average molecular weight is 190 g/mol. The predicted octanol–water partition coefficient (Wildman–Crippen LogP) is 1.46. The number of ether oxygens (including phenoxy) is 2. The van der Waals surface area contributed by atoms with Gasteiger partial charge in [-0.1, -0.05) is 0 Å². The zero-order valence-electron chi connectivity index (χ0n) is 8.00. The Kier molecular flexibility index (Phi) is 1.96. The minimum absolute atomic E-state index is 0.265. The summed E-state index contributed by atoms with van der Waals surface area (Å²) >= 11 is 0. The van der Waals surface area contributed by atoms with Gasteiger partial charge in [0.05, 0.1) is 14.2 Å². The number of amidine groups is 1. The first-order chi connectivity index (χ1) is 6.76. The molecule has 1 aliphatic rings. The van der Waals surface area contributed by atoms with Gasteiger partial charge in [-0.3, -0.25) is 5.41 Å². The summed E-state index contributed by atoms with van der Waals surface area (Å²) in [5.74, 6) is 1.55. The van der Waals surface area contributed by atoms with Gasteiger partial charge in [0.1, 0.15) is 0 Å². The van der Waals surface area contributed by atoms with Gasteiger partial charge in [-0.05, 0) is 12.1 Å². The molecule has 1 heterocycles. The second-order valence-corrected chi connectivity index (χ2v) is 2.90. The van der Waals surface area contributed by atoms with E-state index in [1.165, 1.54) is 0 Å². The molecule has 0 unspecified atom stereocenters. The van der Waals surface area contributed by atoms with Crippen molar-refractivity contribution in [3.63, 3.8) is 0 Å². The first kappa shape index (κ1) is 8.74. The number of rotatable bonds is 2. The molecule has 4 heteroatoms. The monoisotopic (exact) mass is 190 g/mol. The van der Waals surface area contributed by atoms with E-state index in [0.717, 1.165) is 11.1 Å². The molecule has 1 aliphatic heterocycles. The highest BCUT2D eigenvalue weighted by molar-refractivity contribution is 6.14. The zero-order valence-corrected chi connectivity index (χ0v) is 8.00. The molecule has 0 spiro atoms. The summed E-state index contributed by atoms with van der Waals surface area (Å²) in [4.78, 5) is 3.90. The van der Waals surface area contributed by atoms with E-state index in [4.69, 9.17) is 14.9 Å². The SMILES string of the molecule is COc1cc2c(cc1OC)C(=N)N=C2. The van der Waals surface area contributed by atoms with Crippen LogP contribution in [0.15, 0.2) is 17.1 Å². The highest BCUT2D eigenvalue weighted by Crippen LogP contribution is 2.31. The molecule has 0 amide bonds. The number of hydrogen-bond acceptors (Lipinski definition) is 3. The second kappa shape index (κ2) is 3.14. The average Bonchev–Trinajstić information content (AvgIpc) is 2.58. The summed E-state index contributed by atoms with van der Waals surface area (Å²) in [6.07, 6.45) is 1.65. The van der Waals surface area contributed by atoms with Gasteiger partial charge in [0.2, 0.25) is 0 Å². The Bertz CT molecular complexity index is 424. The molecule has 0 saturated heterocycles. The number of nitrogens with zero attached hydrogens (tertiary/aromatic N) is 1. The molecule has 2 rings (SSSR count). The molecular formula is C10H10N2O2. The van der Waals surface area contributed by atoms with E-state index >= 15 is 0 Å². The minimum Gasteiger partial charge on any atom is -0.493 e. The van der Waals surface area contributed by atoms with Gasteiger partial charge in [-0.25, -0.2) is 4.99 Å². The molecule has 0 aliphatic carbocycles.